The molecule has 0 amide bonds. The van der Waals surface area contributed by atoms with Gasteiger partial charge in [-0.2, -0.15) is 0 Å². The standard InChI is InChI=1S/C7H8ClNO2/c1-11-7(10)5-3-2-4-6(8)9-5/h2-3,6H,4H2,1H3. The maximum absolute atomic E-state index is 10.8. The first kappa shape index (κ1) is 8.27. The van der Waals surface area contributed by atoms with E-state index in [0.29, 0.717) is 12.1 Å². The fourth-order valence-electron chi connectivity index (χ4n) is 0.764. The maximum Gasteiger partial charge on any atom is 0.356 e. The number of rotatable bonds is 1. The molecule has 11 heavy (non-hydrogen) atoms. The van der Waals surface area contributed by atoms with Crippen LogP contribution in [0.1, 0.15) is 6.42 Å². The van der Waals surface area contributed by atoms with Gasteiger partial charge >= 0.3 is 5.97 Å². The van der Waals surface area contributed by atoms with Crippen LogP contribution in [0.4, 0.5) is 0 Å². The Morgan fingerprint density at radius 1 is 1.91 bits per heavy atom. The van der Waals surface area contributed by atoms with Gasteiger partial charge in [0, 0.05) is 6.42 Å². The number of hydrogen-bond donors (Lipinski definition) is 0. The summed E-state index contributed by atoms with van der Waals surface area (Å²) in [6.07, 6.45) is 4.09. The molecule has 0 aromatic rings. The predicted octanol–water partition coefficient (Wildman–Crippen LogP) is 1.13. The number of nitrogens with zero attached hydrogens (tertiary/aromatic N) is 1. The van der Waals surface area contributed by atoms with Crippen LogP contribution in [-0.2, 0) is 9.53 Å². The third kappa shape index (κ3) is 2.05. The summed E-state index contributed by atoms with van der Waals surface area (Å²) in [5, 5.41) is 0. The Morgan fingerprint density at radius 2 is 2.64 bits per heavy atom. The van der Waals surface area contributed by atoms with Crippen LogP contribution in [0.2, 0.25) is 0 Å². The van der Waals surface area contributed by atoms with Gasteiger partial charge in [-0.05, 0) is 6.08 Å². The zero-order chi connectivity index (χ0) is 8.27. The molecule has 3 nitrogen and oxygen atoms in total. The Labute approximate surface area is 69.7 Å². The lowest BCUT2D eigenvalue weighted by Crippen LogP contribution is -2.17. The molecule has 0 radical (unpaired) electrons. The molecule has 0 spiro atoms. The highest BCUT2D eigenvalue weighted by Crippen LogP contribution is 2.10. The first-order valence-electron chi connectivity index (χ1n) is 3.21. The van der Waals surface area contributed by atoms with Crippen molar-refractivity contribution in [3.63, 3.8) is 0 Å². The third-order valence-corrected chi connectivity index (χ3v) is 1.56. The first-order chi connectivity index (χ1) is 5.24. The second-order valence-electron chi connectivity index (χ2n) is 2.08. The summed E-state index contributed by atoms with van der Waals surface area (Å²) in [5.41, 5.74) is -0.0344. The lowest BCUT2D eigenvalue weighted by atomic mass is 10.2. The number of dihydropyridines is 1. The molecule has 0 aromatic heterocycles. The summed E-state index contributed by atoms with van der Waals surface area (Å²) in [7, 11) is 1.32. The van der Waals surface area contributed by atoms with Crippen LogP contribution in [0.5, 0.6) is 0 Å². The van der Waals surface area contributed by atoms with Crippen molar-refractivity contribution in [3.05, 3.63) is 12.2 Å². The van der Waals surface area contributed by atoms with E-state index in [1.165, 1.54) is 7.11 Å². The van der Waals surface area contributed by atoms with Crippen molar-refractivity contribution in [2.75, 3.05) is 7.11 Å². The average molecular weight is 174 g/mol. The Balaban J connectivity index is 2.71. The largest absolute Gasteiger partial charge is 0.464 e. The number of esters is 1. The Bertz CT molecular complexity index is 222. The maximum atomic E-state index is 10.8. The van der Waals surface area contributed by atoms with E-state index >= 15 is 0 Å². The molecule has 1 aliphatic rings. The molecule has 0 saturated carbocycles. The molecule has 0 bridgehead atoms. The van der Waals surface area contributed by atoms with E-state index in [0.717, 1.165) is 0 Å². The van der Waals surface area contributed by atoms with Crippen molar-refractivity contribution in [1.82, 2.24) is 0 Å². The molecule has 1 heterocycles. The van der Waals surface area contributed by atoms with Gasteiger partial charge in [0.05, 0.1) is 7.11 Å². The normalized spacial score (nSPS) is 22.7. The van der Waals surface area contributed by atoms with Gasteiger partial charge in [0.1, 0.15) is 11.2 Å². The SMILES string of the molecule is COC(=O)C1=NC(Cl)CC=C1. The molecule has 0 fully saturated rings. The molecule has 0 aliphatic carbocycles. The molecule has 1 atom stereocenters. The molecule has 0 N–H and O–H groups in total. The minimum atomic E-state index is -0.438. The van der Waals surface area contributed by atoms with Gasteiger partial charge in [0.25, 0.3) is 0 Å². The molecule has 4 heteroatoms. The fraction of sp³-hybridized carbons (Fsp3) is 0.429. The second kappa shape index (κ2) is 3.53. The van der Waals surface area contributed by atoms with E-state index in [4.69, 9.17) is 11.6 Å². The van der Waals surface area contributed by atoms with Crippen molar-refractivity contribution in [1.29, 1.82) is 0 Å². The van der Waals surface area contributed by atoms with Gasteiger partial charge in [-0.15, -0.1) is 0 Å². The van der Waals surface area contributed by atoms with Gasteiger partial charge in [0.15, 0.2) is 0 Å². The summed E-state index contributed by atoms with van der Waals surface area (Å²) in [6.45, 7) is 0. The van der Waals surface area contributed by atoms with Gasteiger partial charge in [-0.1, -0.05) is 17.7 Å². The average Bonchev–Trinajstić information content (AvgIpc) is 2.03. The van der Waals surface area contributed by atoms with Crippen LogP contribution in [0.15, 0.2) is 17.1 Å². The summed E-state index contributed by atoms with van der Waals surface area (Å²) >= 11 is 5.67. The minimum Gasteiger partial charge on any atom is -0.464 e. The zero-order valence-corrected chi connectivity index (χ0v) is 6.84. The number of alkyl halides is 1. The topological polar surface area (TPSA) is 38.7 Å². The Morgan fingerprint density at radius 3 is 3.18 bits per heavy atom. The molecule has 0 aromatic carbocycles. The summed E-state index contributed by atoms with van der Waals surface area (Å²) in [5.74, 6) is -0.438. The number of halogens is 1. The molecular weight excluding hydrogens is 166 g/mol. The predicted molar refractivity (Wildman–Crippen MR) is 42.8 cm³/mol. The van der Waals surface area contributed by atoms with Crippen molar-refractivity contribution in [3.8, 4) is 0 Å². The highest BCUT2D eigenvalue weighted by atomic mass is 35.5. The highest BCUT2D eigenvalue weighted by Gasteiger charge is 2.13. The lowest BCUT2D eigenvalue weighted by molar-refractivity contribution is -0.132. The molecule has 1 aliphatic heterocycles. The van der Waals surface area contributed by atoms with Gasteiger partial charge in [-0.25, -0.2) is 4.79 Å². The molecule has 1 unspecified atom stereocenters. The number of hydrogen-bond acceptors (Lipinski definition) is 3. The Hall–Kier alpha value is -0.830. The van der Waals surface area contributed by atoms with E-state index in [-0.39, 0.29) is 5.50 Å². The minimum absolute atomic E-state index is 0.291. The van der Waals surface area contributed by atoms with Crippen molar-refractivity contribution >= 4 is 23.3 Å². The van der Waals surface area contributed by atoms with Crippen LogP contribution >= 0.6 is 11.6 Å². The smallest absolute Gasteiger partial charge is 0.356 e. The van der Waals surface area contributed by atoms with Crippen LogP contribution in [0.25, 0.3) is 0 Å². The number of methoxy groups -OCH3 is 1. The molecule has 1 rings (SSSR count). The number of carbonyl (C=O) groups excluding carboxylic acids is 1. The lowest BCUT2D eigenvalue weighted by Gasteiger charge is -2.07. The third-order valence-electron chi connectivity index (χ3n) is 1.28. The molecular formula is C7H8ClNO2. The summed E-state index contributed by atoms with van der Waals surface area (Å²) in [4.78, 5) is 14.7. The van der Waals surface area contributed by atoms with E-state index in [9.17, 15) is 4.79 Å². The van der Waals surface area contributed by atoms with Crippen LogP contribution in [0, 0.1) is 0 Å². The van der Waals surface area contributed by atoms with Gasteiger partial charge < -0.3 is 4.74 Å². The quantitative estimate of drug-likeness (QED) is 0.339. The first-order valence-corrected chi connectivity index (χ1v) is 3.64. The Kier molecular flexibility index (Phi) is 2.65. The van der Waals surface area contributed by atoms with E-state index in [1.807, 2.05) is 0 Å². The van der Waals surface area contributed by atoms with E-state index in [2.05, 4.69) is 9.73 Å². The zero-order valence-electron chi connectivity index (χ0n) is 6.08. The van der Waals surface area contributed by atoms with Gasteiger partial charge in [-0.3, -0.25) is 4.99 Å². The molecule has 0 saturated heterocycles. The highest BCUT2D eigenvalue weighted by molar-refractivity contribution is 6.42. The van der Waals surface area contributed by atoms with Crippen LogP contribution in [0.3, 0.4) is 0 Å². The molecule has 60 valence electrons. The number of ether oxygens (including phenoxy) is 1. The van der Waals surface area contributed by atoms with Crippen LogP contribution < -0.4 is 0 Å². The van der Waals surface area contributed by atoms with Gasteiger partial charge in [0.2, 0.25) is 0 Å². The van der Waals surface area contributed by atoms with E-state index in [1.54, 1.807) is 12.2 Å². The van der Waals surface area contributed by atoms with Crippen molar-refractivity contribution < 1.29 is 9.53 Å². The van der Waals surface area contributed by atoms with Crippen LogP contribution in [-0.4, -0.2) is 24.3 Å². The van der Waals surface area contributed by atoms with Crippen molar-refractivity contribution in [2.45, 2.75) is 11.9 Å². The van der Waals surface area contributed by atoms with E-state index < -0.39 is 5.97 Å². The monoisotopic (exact) mass is 173 g/mol. The number of carbonyl (C=O) groups is 1. The number of aliphatic imine (C=N–C) groups is 1. The van der Waals surface area contributed by atoms with Crippen molar-refractivity contribution in [2.24, 2.45) is 4.99 Å². The summed E-state index contributed by atoms with van der Waals surface area (Å²) < 4.78 is 4.46. The fourth-order valence-corrected chi connectivity index (χ4v) is 0.972. The second-order valence-corrected chi connectivity index (χ2v) is 2.58. The summed E-state index contributed by atoms with van der Waals surface area (Å²) in [6, 6.07) is 0.